The molecule has 0 radical (unpaired) electrons. The predicted octanol–water partition coefficient (Wildman–Crippen LogP) is 3.99. The quantitative estimate of drug-likeness (QED) is 0.553. The third-order valence-electron chi connectivity index (χ3n) is 4.57. The average Bonchev–Trinajstić information content (AvgIpc) is 2.74. The Balaban J connectivity index is 2.34. The number of rotatable bonds is 9. The van der Waals surface area contributed by atoms with Gasteiger partial charge in [0.1, 0.15) is 18.2 Å². The molecule has 2 amide bonds. The summed E-state index contributed by atoms with van der Waals surface area (Å²) in [6, 6.07) is 11.0. The number of alkyl carbamates (subject to hydrolysis) is 1. The Morgan fingerprint density at radius 2 is 1.68 bits per heavy atom. The minimum absolute atomic E-state index is 0.0722. The number of carbonyl (C=O) groups is 3. The van der Waals surface area contributed by atoms with Crippen molar-refractivity contribution in [2.45, 2.75) is 52.3 Å². The molecule has 0 aliphatic heterocycles. The molecule has 9 heteroatoms. The lowest BCUT2D eigenvalue weighted by Gasteiger charge is -2.28. The van der Waals surface area contributed by atoms with Gasteiger partial charge in [0.05, 0.1) is 6.61 Å². The lowest BCUT2D eigenvalue weighted by Crippen LogP contribution is -2.51. The Kier molecular flexibility index (Phi) is 9.53. The molecule has 0 bridgehead atoms. The van der Waals surface area contributed by atoms with Crippen LogP contribution < -0.4 is 5.32 Å². The van der Waals surface area contributed by atoms with E-state index in [0.29, 0.717) is 0 Å². The summed E-state index contributed by atoms with van der Waals surface area (Å²) in [6.07, 6.45) is -1.01. The van der Waals surface area contributed by atoms with E-state index in [-0.39, 0.29) is 31.7 Å². The van der Waals surface area contributed by atoms with Crippen molar-refractivity contribution in [3.8, 4) is 0 Å². The van der Waals surface area contributed by atoms with Crippen LogP contribution in [0.25, 0.3) is 0 Å². The second-order valence-corrected chi connectivity index (χ2v) is 8.64. The molecule has 2 aromatic rings. The van der Waals surface area contributed by atoms with Crippen LogP contribution in [-0.2, 0) is 32.0 Å². The van der Waals surface area contributed by atoms with Crippen molar-refractivity contribution < 1.29 is 32.6 Å². The third kappa shape index (κ3) is 8.80. The second-order valence-electron chi connectivity index (χ2n) is 8.64. The van der Waals surface area contributed by atoms with Crippen LogP contribution in [0.2, 0.25) is 0 Å². The highest BCUT2D eigenvalue weighted by atomic mass is 19.2. The van der Waals surface area contributed by atoms with Gasteiger partial charge in [-0.15, -0.1) is 0 Å². The van der Waals surface area contributed by atoms with Crippen molar-refractivity contribution in [1.29, 1.82) is 0 Å². The summed E-state index contributed by atoms with van der Waals surface area (Å²) in [5, 5.41) is 2.51. The normalized spacial score (nSPS) is 11.9. The van der Waals surface area contributed by atoms with Crippen LogP contribution >= 0.6 is 0 Å². The standard InChI is InChI=1S/C25H30F2N2O5/c1-5-33-22(30)16-29(15-17-9-7-6-8-10-17)23(31)21(28-24(32)34-25(2,3)4)14-18-11-12-19(26)20(27)13-18/h6-13,21H,5,14-16H2,1-4H3,(H,28,32)/t21-/m1/s1. The number of hydrogen-bond donors (Lipinski definition) is 1. The zero-order valence-corrected chi connectivity index (χ0v) is 19.8. The smallest absolute Gasteiger partial charge is 0.408 e. The van der Waals surface area contributed by atoms with Gasteiger partial charge < -0.3 is 19.7 Å². The number of nitrogens with one attached hydrogen (secondary N) is 1. The van der Waals surface area contributed by atoms with Gasteiger partial charge in [-0.05, 0) is 51.0 Å². The van der Waals surface area contributed by atoms with Gasteiger partial charge in [-0.25, -0.2) is 13.6 Å². The van der Waals surface area contributed by atoms with E-state index >= 15 is 0 Å². The van der Waals surface area contributed by atoms with Gasteiger partial charge in [-0.1, -0.05) is 36.4 Å². The summed E-state index contributed by atoms with van der Waals surface area (Å²) in [6.45, 7) is 6.51. The average molecular weight is 477 g/mol. The van der Waals surface area contributed by atoms with Gasteiger partial charge >= 0.3 is 12.1 Å². The molecule has 1 atom stereocenters. The van der Waals surface area contributed by atoms with E-state index in [1.807, 2.05) is 6.07 Å². The molecule has 1 N–H and O–H groups in total. The number of carbonyl (C=O) groups excluding carboxylic acids is 3. The molecule has 0 unspecified atom stereocenters. The van der Waals surface area contributed by atoms with Crippen LogP contribution in [0.5, 0.6) is 0 Å². The van der Waals surface area contributed by atoms with E-state index in [4.69, 9.17) is 9.47 Å². The lowest BCUT2D eigenvalue weighted by atomic mass is 10.0. The Labute approximate surface area is 198 Å². The van der Waals surface area contributed by atoms with Crippen molar-refractivity contribution in [2.75, 3.05) is 13.2 Å². The molecule has 0 saturated heterocycles. The maximum atomic E-state index is 13.8. The third-order valence-corrected chi connectivity index (χ3v) is 4.57. The Hall–Kier alpha value is -3.49. The molecule has 2 aromatic carbocycles. The largest absolute Gasteiger partial charge is 0.465 e. The van der Waals surface area contributed by atoms with Crippen molar-refractivity contribution in [2.24, 2.45) is 0 Å². The predicted molar refractivity (Wildman–Crippen MR) is 122 cm³/mol. The van der Waals surface area contributed by atoms with Gasteiger partial charge in [0, 0.05) is 13.0 Å². The molecular weight excluding hydrogens is 446 g/mol. The summed E-state index contributed by atoms with van der Waals surface area (Å²) in [7, 11) is 0. The maximum Gasteiger partial charge on any atom is 0.408 e. The van der Waals surface area contributed by atoms with Gasteiger partial charge in [-0.2, -0.15) is 0 Å². The summed E-state index contributed by atoms with van der Waals surface area (Å²) < 4.78 is 37.4. The molecule has 2 rings (SSSR count). The second kappa shape index (κ2) is 12.1. The first-order chi connectivity index (χ1) is 16.0. The van der Waals surface area contributed by atoms with Crippen LogP contribution in [0, 0.1) is 11.6 Å². The zero-order valence-electron chi connectivity index (χ0n) is 19.8. The number of amides is 2. The van der Waals surface area contributed by atoms with E-state index in [9.17, 15) is 23.2 Å². The van der Waals surface area contributed by atoms with Crippen molar-refractivity contribution >= 4 is 18.0 Å². The van der Waals surface area contributed by atoms with Crippen LogP contribution in [0.15, 0.2) is 48.5 Å². The van der Waals surface area contributed by atoms with Crippen molar-refractivity contribution in [3.63, 3.8) is 0 Å². The minimum atomic E-state index is -1.21. The molecule has 0 heterocycles. The van der Waals surface area contributed by atoms with Gasteiger partial charge in [0.15, 0.2) is 11.6 Å². The first-order valence-electron chi connectivity index (χ1n) is 10.9. The van der Waals surface area contributed by atoms with E-state index < -0.39 is 41.2 Å². The fraction of sp³-hybridized carbons (Fsp3) is 0.400. The van der Waals surface area contributed by atoms with Crippen LogP contribution in [0.4, 0.5) is 13.6 Å². The van der Waals surface area contributed by atoms with E-state index in [0.717, 1.165) is 17.7 Å². The Morgan fingerprint density at radius 1 is 1.00 bits per heavy atom. The van der Waals surface area contributed by atoms with Crippen molar-refractivity contribution in [3.05, 3.63) is 71.3 Å². The SMILES string of the molecule is CCOC(=O)CN(Cc1ccccc1)C(=O)[C@@H](Cc1ccc(F)c(F)c1)NC(=O)OC(C)(C)C. The topological polar surface area (TPSA) is 84.9 Å². The number of esters is 1. The summed E-state index contributed by atoms with van der Waals surface area (Å²) in [4.78, 5) is 39.4. The molecule has 0 aliphatic carbocycles. The van der Waals surface area contributed by atoms with E-state index in [2.05, 4.69) is 5.32 Å². The number of halogens is 2. The summed E-state index contributed by atoms with van der Waals surface area (Å²) >= 11 is 0. The number of hydrogen-bond acceptors (Lipinski definition) is 5. The highest BCUT2D eigenvalue weighted by molar-refractivity contribution is 5.88. The van der Waals surface area contributed by atoms with E-state index in [1.165, 1.54) is 11.0 Å². The Bertz CT molecular complexity index is 993. The van der Waals surface area contributed by atoms with E-state index in [1.54, 1.807) is 52.0 Å². The van der Waals surface area contributed by atoms with Crippen molar-refractivity contribution in [1.82, 2.24) is 10.2 Å². The molecule has 0 saturated carbocycles. The zero-order chi connectivity index (χ0) is 25.3. The number of benzene rings is 2. The van der Waals surface area contributed by atoms with Crippen LogP contribution in [0.3, 0.4) is 0 Å². The molecule has 7 nitrogen and oxygen atoms in total. The number of ether oxygens (including phenoxy) is 2. The lowest BCUT2D eigenvalue weighted by molar-refractivity contribution is -0.150. The summed E-state index contributed by atoms with van der Waals surface area (Å²) in [5.74, 6) is -3.32. The molecule has 34 heavy (non-hydrogen) atoms. The van der Waals surface area contributed by atoms with Gasteiger partial charge in [-0.3, -0.25) is 9.59 Å². The fourth-order valence-electron chi connectivity index (χ4n) is 3.15. The van der Waals surface area contributed by atoms with Gasteiger partial charge in [0.2, 0.25) is 5.91 Å². The minimum Gasteiger partial charge on any atom is -0.465 e. The molecule has 0 aliphatic rings. The van der Waals surface area contributed by atoms with Crippen LogP contribution in [0.1, 0.15) is 38.8 Å². The molecule has 0 spiro atoms. The molecule has 0 fully saturated rings. The van der Waals surface area contributed by atoms with Crippen LogP contribution in [-0.4, -0.2) is 47.7 Å². The first kappa shape index (κ1) is 26.8. The first-order valence-corrected chi connectivity index (χ1v) is 10.9. The highest BCUT2D eigenvalue weighted by Crippen LogP contribution is 2.15. The highest BCUT2D eigenvalue weighted by Gasteiger charge is 2.30. The summed E-state index contributed by atoms with van der Waals surface area (Å²) in [5.41, 5.74) is 0.210. The monoisotopic (exact) mass is 476 g/mol. The maximum absolute atomic E-state index is 13.8. The van der Waals surface area contributed by atoms with Gasteiger partial charge in [0.25, 0.3) is 0 Å². The fourth-order valence-corrected chi connectivity index (χ4v) is 3.15. The molecule has 0 aromatic heterocycles. The molecular formula is C25H30F2N2O5. The number of nitrogens with zero attached hydrogens (tertiary/aromatic N) is 1. The Morgan fingerprint density at radius 3 is 2.26 bits per heavy atom. The molecule has 184 valence electrons.